The van der Waals surface area contributed by atoms with E-state index >= 15 is 0 Å². The van der Waals surface area contributed by atoms with Gasteiger partial charge in [0.15, 0.2) is 11.2 Å². The molecule has 2 rings (SSSR count). The molecule has 2 N–H and O–H groups in total. The number of carbonyl (C=O) groups excluding carboxylic acids is 2. The third kappa shape index (κ3) is 3.56. The largest absolute Gasteiger partial charge is 0.367 e. The number of pyridine rings is 1. The average Bonchev–Trinajstić information content (AvgIpc) is 2.83. The molecule has 0 fully saturated rings. The van der Waals surface area contributed by atoms with Crippen LogP contribution in [0.1, 0.15) is 16.1 Å². The fourth-order valence-corrected chi connectivity index (χ4v) is 1.68. The van der Waals surface area contributed by atoms with Crippen LogP contribution < -0.4 is 10.7 Å². The first-order chi connectivity index (χ1) is 9.97. The van der Waals surface area contributed by atoms with E-state index < -0.39 is 17.2 Å². The minimum Gasteiger partial charge on any atom is -0.367 e. The summed E-state index contributed by atoms with van der Waals surface area (Å²) in [6, 6.07) is 2.81. The Bertz CT molecular complexity index is 719. The average molecular weight is 290 g/mol. The Kier molecular flexibility index (Phi) is 4.17. The number of hydrogen-bond donors (Lipinski definition) is 2. The van der Waals surface area contributed by atoms with Crippen molar-refractivity contribution in [2.75, 3.05) is 18.9 Å². The van der Waals surface area contributed by atoms with Crippen LogP contribution in [0.15, 0.2) is 33.8 Å². The summed E-state index contributed by atoms with van der Waals surface area (Å²) < 4.78 is 4.81. The molecule has 2 amide bonds. The van der Waals surface area contributed by atoms with Gasteiger partial charge in [0, 0.05) is 31.6 Å². The first-order valence-corrected chi connectivity index (χ1v) is 6.13. The maximum absolute atomic E-state index is 12.0. The van der Waals surface area contributed by atoms with Gasteiger partial charge in [-0.1, -0.05) is 5.16 Å². The van der Waals surface area contributed by atoms with Crippen molar-refractivity contribution in [1.82, 2.24) is 15.0 Å². The van der Waals surface area contributed by atoms with E-state index in [-0.39, 0.29) is 17.9 Å². The van der Waals surface area contributed by atoms with Crippen LogP contribution in [0.5, 0.6) is 0 Å². The third-order valence-corrected chi connectivity index (χ3v) is 2.68. The smallest absolute Gasteiger partial charge is 0.259 e. The Morgan fingerprint density at radius 1 is 1.48 bits per heavy atom. The van der Waals surface area contributed by atoms with Crippen molar-refractivity contribution in [2.45, 2.75) is 6.92 Å². The number of aromatic amines is 1. The van der Waals surface area contributed by atoms with Crippen LogP contribution in [0.4, 0.5) is 5.82 Å². The summed E-state index contributed by atoms with van der Waals surface area (Å²) >= 11 is 0. The summed E-state index contributed by atoms with van der Waals surface area (Å²) in [5, 5.41) is 6.11. The SMILES string of the molecule is Cc1cc(NC(=O)CN(C)C(=O)c2c[nH]ccc2=O)no1. The van der Waals surface area contributed by atoms with Gasteiger partial charge in [-0.3, -0.25) is 14.4 Å². The van der Waals surface area contributed by atoms with Crippen molar-refractivity contribution >= 4 is 17.6 Å². The number of hydrogen-bond acceptors (Lipinski definition) is 5. The molecule has 0 aliphatic carbocycles. The molecule has 110 valence electrons. The number of rotatable bonds is 4. The van der Waals surface area contributed by atoms with E-state index in [2.05, 4.69) is 15.5 Å². The fourth-order valence-electron chi connectivity index (χ4n) is 1.68. The van der Waals surface area contributed by atoms with Gasteiger partial charge in [0.1, 0.15) is 11.3 Å². The van der Waals surface area contributed by atoms with E-state index in [1.807, 2.05) is 0 Å². The maximum Gasteiger partial charge on any atom is 0.259 e. The molecule has 2 aromatic heterocycles. The number of anilines is 1. The normalized spacial score (nSPS) is 10.2. The lowest BCUT2D eigenvalue weighted by atomic mass is 10.2. The van der Waals surface area contributed by atoms with Crippen LogP contribution in [-0.2, 0) is 4.79 Å². The zero-order valence-electron chi connectivity index (χ0n) is 11.5. The van der Waals surface area contributed by atoms with E-state index in [0.29, 0.717) is 5.76 Å². The Morgan fingerprint density at radius 3 is 2.86 bits per heavy atom. The van der Waals surface area contributed by atoms with E-state index in [1.54, 1.807) is 13.0 Å². The van der Waals surface area contributed by atoms with Gasteiger partial charge in [0.25, 0.3) is 5.91 Å². The molecule has 0 aliphatic heterocycles. The number of aryl methyl sites for hydroxylation is 1. The van der Waals surface area contributed by atoms with Gasteiger partial charge in [-0.2, -0.15) is 0 Å². The van der Waals surface area contributed by atoms with Crippen molar-refractivity contribution in [3.63, 3.8) is 0 Å². The lowest BCUT2D eigenvalue weighted by Gasteiger charge is -2.15. The molecule has 0 atom stereocenters. The molecule has 8 nitrogen and oxygen atoms in total. The predicted molar refractivity (Wildman–Crippen MR) is 73.9 cm³/mol. The topological polar surface area (TPSA) is 108 Å². The van der Waals surface area contributed by atoms with Gasteiger partial charge in [0.2, 0.25) is 5.91 Å². The van der Waals surface area contributed by atoms with Gasteiger partial charge < -0.3 is 19.7 Å². The molecule has 0 radical (unpaired) electrons. The molecule has 0 unspecified atom stereocenters. The van der Waals surface area contributed by atoms with Crippen LogP contribution in [0.25, 0.3) is 0 Å². The fraction of sp³-hybridized carbons (Fsp3) is 0.231. The number of nitrogens with one attached hydrogen (secondary N) is 2. The third-order valence-electron chi connectivity index (χ3n) is 2.68. The number of nitrogens with zero attached hydrogens (tertiary/aromatic N) is 2. The van der Waals surface area contributed by atoms with Crippen LogP contribution in [0, 0.1) is 6.92 Å². The molecule has 21 heavy (non-hydrogen) atoms. The monoisotopic (exact) mass is 290 g/mol. The molecular weight excluding hydrogens is 276 g/mol. The van der Waals surface area contributed by atoms with E-state index in [4.69, 9.17) is 4.52 Å². The second kappa shape index (κ2) is 6.04. The van der Waals surface area contributed by atoms with Crippen LogP contribution >= 0.6 is 0 Å². The van der Waals surface area contributed by atoms with Gasteiger partial charge in [-0.25, -0.2) is 0 Å². The molecule has 0 aliphatic rings. The molecule has 2 aromatic rings. The van der Waals surface area contributed by atoms with E-state index in [1.165, 1.54) is 25.5 Å². The van der Waals surface area contributed by atoms with Crippen molar-refractivity contribution in [2.24, 2.45) is 0 Å². The number of amides is 2. The van der Waals surface area contributed by atoms with E-state index in [9.17, 15) is 14.4 Å². The molecular formula is C13H14N4O4. The summed E-state index contributed by atoms with van der Waals surface area (Å²) in [6.45, 7) is 1.49. The minimum absolute atomic E-state index is 0.0231. The van der Waals surface area contributed by atoms with Gasteiger partial charge in [-0.05, 0) is 6.92 Å². The van der Waals surface area contributed by atoms with Crippen LogP contribution in [-0.4, -0.2) is 40.4 Å². The summed E-state index contributed by atoms with van der Waals surface area (Å²) in [5.74, 6) is -0.142. The van der Waals surface area contributed by atoms with Crippen LogP contribution in [0.3, 0.4) is 0 Å². The van der Waals surface area contributed by atoms with Crippen molar-refractivity contribution < 1.29 is 14.1 Å². The van der Waals surface area contributed by atoms with Gasteiger partial charge in [0.05, 0.1) is 6.54 Å². The Labute approximate surface area is 119 Å². The summed E-state index contributed by atoms with van der Waals surface area (Å²) in [7, 11) is 1.43. The highest BCUT2D eigenvalue weighted by Crippen LogP contribution is 2.07. The molecule has 0 saturated heterocycles. The zero-order chi connectivity index (χ0) is 15.4. The Hall–Kier alpha value is -2.90. The van der Waals surface area contributed by atoms with Crippen molar-refractivity contribution in [3.05, 3.63) is 46.1 Å². The number of H-pyrrole nitrogens is 1. The predicted octanol–water partition coefficient (Wildman–Crippen LogP) is 0.382. The highest BCUT2D eigenvalue weighted by molar-refractivity contribution is 5.98. The molecule has 0 saturated carbocycles. The Balaban J connectivity index is 1.99. The van der Waals surface area contributed by atoms with Crippen molar-refractivity contribution in [3.8, 4) is 0 Å². The summed E-state index contributed by atoms with van der Waals surface area (Å²) in [4.78, 5) is 39.2. The molecule has 8 heteroatoms. The molecule has 2 heterocycles. The van der Waals surface area contributed by atoms with Crippen molar-refractivity contribution in [1.29, 1.82) is 0 Å². The first-order valence-electron chi connectivity index (χ1n) is 6.13. The molecule has 0 spiro atoms. The highest BCUT2D eigenvalue weighted by Gasteiger charge is 2.18. The Morgan fingerprint density at radius 2 is 2.24 bits per heavy atom. The minimum atomic E-state index is -0.539. The first kappa shape index (κ1) is 14.5. The summed E-state index contributed by atoms with van der Waals surface area (Å²) in [5.41, 5.74) is -0.428. The summed E-state index contributed by atoms with van der Waals surface area (Å²) in [6.07, 6.45) is 2.73. The second-order valence-corrected chi connectivity index (χ2v) is 4.45. The maximum atomic E-state index is 12.0. The zero-order valence-corrected chi connectivity index (χ0v) is 11.5. The number of aromatic nitrogens is 2. The quantitative estimate of drug-likeness (QED) is 0.846. The number of carbonyl (C=O) groups is 2. The molecule has 0 aromatic carbocycles. The number of likely N-dealkylation sites (N-methyl/N-ethyl adjacent to an activating group) is 1. The van der Waals surface area contributed by atoms with Crippen LogP contribution in [0.2, 0.25) is 0 Å². The second-order valence-electron chi connectivity index (χ2n) is 4.45. The standard InChI is InChI=1S/C13H14N4O4/c1-8-5-11(16-21-8)15-12(19)7-17(2)13(20)9-6-14-4-3-10(9)18/h3-6H,7H2,1-2H3,(H,14,18)(H,15,16,19). The molecule has 0 bridgehead atoms. The van der Waals surface area contributed by atoms with Gasteiger partial charge in [-0.15, -0.1) is 0 Å². The van der Waals surface area contributed by atoms with E-state index in [0.717, 1.165) is 4.90 Å². The lowest BCUT2D eigenvalue weighted by Crippen LogP contribution is -2.37. The lowest BCUT2D eigenvalue weighted by molar-refractivity contribution is -0.116. The van der Waals surface area contributed by atoms with Gasteiger partial charge >= 0.3 is 0 Å². The highest BCUT2D eigenvalue weighted by atomic mass is 16.5.